The van der Waals surface area contributed by atoms with Crippen molar-refractivity contribution in [2.24, 2.45) is 11.8 Å². The van der Waals surface area contributed by atoms with E-state index in [1.54, 1.807) is 12.1 Å². The molecule has 0 aromatic heterocycles. The van der Waals surface area contributed by atoms with Crippen LogP contribution in [0.3, 0.4) is 0 Å². The van der Waals surface area contributed by atoms with Crippen molar-refractivity contribution >= 4 is 0 Å². The van der Waals surface area contributed by atoms with Crippen molar-refractivity contribution in [2.45, 2.75) is 32.4 Å². The molecule has 0 spiro atoms. The van der Waals surface area contributed by atoms with Crippen LogP contribution in [0.25, 0.3) is 0 Å². The molecule has 1 fully saturated rings. The average Bonchev–Trinajstić information content (AvgIpc) is 2.37. The van der Waals surface area contributed by atoms with Gasteiger partial charge in [-0.05, 0) is 48.9 Å². The summed E-state index contributed by atoms with van der Waals surface area (Å²) in [5.41, 5.74) is 0.00255. The maximum absolute atomic E-state index is 13.1. The second kappa shape index (κ2) is 5.53. The summed E-state index contributed by atoms with van der Waals surface area (Å²) in [6, 6.07) is 6.03. The summed E-state index contributed by atoms with van der Waals surface area (Å²) in [5.74, 6) is 0.635. The first-order chi connectivity index (χ1) is 8.91. The van der Waals surface area contributed by atoms with Gasteiger partial charge in [-0.25, -0.2) is 0 Å². The molecule has 0 bridgehead atoms. The zero-order valence-electron chi connectivity index (χ0n) is 11.3. The van der Waals surface area contributed by atoms with E-state index in [-0.39, 0.29) is 11.8 Å². The molecule has 0 amide bonds. The Hall–Kier alpha value is -1.03. The molecule has 1 heterocycles. The number of nitrogens with one attached hydrogen (secondary N) is 1. The van der Waals surface area contributed by atoms with Crippen LogP contribution in [0.2, 0.25) is 0 Å². The lowest BCUT2D eigenvalue weighted by molar-refractivity contribution is -0.138. The van der Waals surface area contributed by atoms with Crippen LogP contribution in [0.15, 0.2) is 24.3 Å². The molecule has 19 heavy (non-hydrogen) atoms. The Labute approximate surface area is 112 Å². The minimum Gasteiger partial charge on any atom is -0.316 e. The lowest BCUT2D eigenvalue weighted by atomic mass is 9.74. The minimum atomic E-state index is -4.26. The van der Waals surface area contributed by atoms with Crippen LogP contribution in [-0.4, -0.2) is 13.1 Å². The lowest BCUT2D eigenvalue weighted by Gasteiger charge is -2.36. The van der Waals surface area contributed by atoms with Crippen LogP contribution in [0.1, 0.15) is 37.3 Å². The average molecular weight is 271 g/mol. The molecule has 1 aromatic carbocycles. The van der Waals surface area contributed by atoms with Gasteiger partial charge in [-0.15, -0.1) is 0 Å². The van der Waals surface area contributed by atoms with Crippen LogP contribution in [0, 0.1) is 11.8 Å². The maximum Gasteiger partial charge on any atom is 0.416 e. The number of rotatable bonds is 2. The molecular weight excluding hydrogens is 251 g/mol. The summed E-state index contributed by atoms with van der Waals surface area (Å²) >= 11 is 0. The van der Waals surface area contributed by atoms with Gasteiger partial charge in [-0.2, -0.15) is 13.2 Å². The van der Waals surface area contributed by atoms with Crippen molar-refractivity contribution in [3.05, 3.63) is 35.4 Å². The molecule has 1 aromatic rings. The van der Waals surface area contributed by atoms with Gasteiger partial charge in [-0.3, -0.25) is 0 Å². The number of hydrogen-bond donors (Lipinski definition) is 1. The van der Waals surface area contributed by atoms with Crippen molar-refractivity contribution < 1.29 is 13.2 Å². The van der Waals surface area contributed by atoms with Gasteiger partial charge in [0.25, 0.3) is 0 Å². The Kier molecular flexibility index (Phi) is 4.19. The lowest BCUT2D eigenvalue weighted by Crippen LogP contribution is -2.38. The highest BCUT2D eigenvalue weighted by Gasteiger charge is 2.38. The molecule has 0 radical (unpaired) electrons. The second-order valence-electron chi connectivity index (χ2n) is 5.59. The quantitative estimate of drug-likeness (QED) is 0.855. The van der Waals surface area contributed by atoms with E-state index in [0.29, 0.717) is 11.5 Å². The van der Waals surface area contributed by atoms with Gasteiger partial charge in [0.05, 0.1) is 5.56 Å². The van der Waals surface area contributed by atoms with Gasteiger partial charge >= 0.3 is 6.18 Å². The van der Waals surface area contributed by atoms with Crippen LogP contribution in [-0.2, 0) is 6.18 Å². The van der Waals surface area contributed by atoms with E-state index >= 15 is 0 Å². The first-order valence-corrected chi connectivity index (χ1v) is 6.78. The Morgan fingerprint density at radius 3 is 2.53 bits per heavy atom. The van der Waals surface area contributed by atoms with Crippen molar-refractivity contribution in [1.29, 1.82) is 0 Å². The van der Waals surface area contributed by atoms with E-state index in [2.05, 4.69) is 19.2 Å². The molecule has 0 saturated carbocycles. The summed E-state index contributed by atoms with van der Waals surface area (Å²) in [6.45, 7) is 5.76. The highest BCUT2D eigenvalue weighted by Crippen LogP contribution is 2.41. The summed E-state index contributed by atoms with van der Waals surface area (Å²) in [7, 11) is 0. The van der Waals surface area contributed by atoms with Crippen LogP contribution in [0.5, 0.6) is 0 Å². The highest BCUT2D eigenvalue weighted by molar-refractivity contribution is 5.33. The van der Waals surface area contributed by atoms with E-state index in [1.807, 2.05) is 0 Å². The Morgan fingerprint density at radius 1 is 1.21 bits per heavy atom. The van der Waals surface area contributed by atoms with Crippen LogP contribution < -0.4 is 5.32 Å². The number of benzene rings is 1. The molecular formula is C15H20F3N. The van der Waals surface area contributed by atoms with E-state index in [4.69, 9.17) is 0 Å². The molecule has 2 atom stereocenters. The zero-order valence-corrected chi connectivity index (χ0v) is 11.3. The van der Waals surface area contributed by atoms with Crippen molar-refractivity contribution in [1.82, 2.24) is 5.32 Å². The Bertz CT molecular complexity index is 426. The van der Waals surface area contributed by atoms with Gasteiger partial charge in [0.1, 0.15) is 0 Å². The first kappa shape index (κ1) is 14.4. The highest BCUT2D eigenvalue weighted by atomic mass is 19.4. The molecule has 4 heteroatoms. The van der Waals surface area contributed by atoms with Crippen molar-refractivity contribution in [3.8, 4) is 0 Å². The molecule has 1 nitrogen and oxygen atoms in total. The fourth-order valence-corrected chi connectivity index (χ4v) is 3.05. The zero-order chi connectivity index (χ0) is 14.0. The summed E-state index contributed by atoms with van der Waals surface area (Å²) in [4.78, 5) is 0. The second-order valence-corrected chi connectivity index (χ2v) is 5.59. The predicted octanol–water partition coefficient (Wildman–Crippen LogP) is 4.05. The summed E-state index contributed by atoms with van der Waals surface area (Å²) in [5, 5.41) is 3.29. The van der Waals surface area contributed by atoms with Crippen molar-refractivity contribution in [3.63, 3.8) is 0 Å². The van der Waals surface area contributed by atoms with Gasteiger partial charge in [0.15, 0.2) is 0 Å². The minimum absolute atomic E-state index is 0.000856. The largest absolute Gasteiger partial charge is 0.416 e. The normalized spacial score (nSPS) is 24.7. The van der Waals surface area contributed by atoms with Crippen LogP contribution >= 0.6 is 0 Å². The van der Waals surface area contributed by atoms with Gasteiger partial charge in [0, 0.05) is 0 Å². The molecule has 106 valence electrons. The predicted molar refractivity (Wildman–Crippen MR) is 70.0 cm³/mol. The number of piperidine rings is 1. The summed E-state index contributed by atoms with van der Waals surface area (Å²) < 4.78 is 39.3. The molecule has 1 aliphatic heterocycles. The van der Waals surface area contributed by atoms with Gasteiger partial charge in [-0.1, -0.05) is 32.0 Å². The molecule has 1 aliphatic rings. The fraction of sp³-hybridized carbons (Fsp3) is 0.600. The number of hydrogen-bond acceptors (Lipinski definition) is 1. The number of alkyl halides is 3. The van der Waals surface area contributed by atoms with Crippen LogP contribution in [0.4, 0.5) is 13.2 Å². The standard InChI is InChI=1S/C15H20F3N/c1-10(2)13-9-19-8-7-11(13)12-5-3-4-6-14(12)15(16,17)18/h3-6,10-11,13,19H,7-9H2,1-2H3. The molecule has 0 aliphatic carbocycles. The Morgan fingerprint density at radius 2 is 1.89 bits per heavy atom. The van der Waals surface area contributed by atoms with Crippen molar-refractivity contribution in [2.75, 3.05) is 13.1 Å². The van der Waals surface area contributed by atoms with E-state index in [9.17, 15) is 13.2 Å². The fourth-order valence-electron chi connectivity index (χ4n) is 3.05. The SMILES string of the molecule is CC(C)C1CNCCC1c1ccccc1C(F)(F)F. The smallest absolute Gasteiger partial charge is 0.316 e. The summed E-state index contributed by atoms with van der Waals surface area (Å²) in [6.07, 6.45) is -3.49. The Balaban J connectivity index is 2.39. The molecule has 1 N–H and O–H groups in total. The van der Waals surface area contributed by atoms with Gasteiger partial charge < -0.3 is 5.32 Å². The maximum atomic E-state index is 13.1. The third-order valence-corrected chi connectivity index (χ3v) is 4.05. The number of halogens is 3. The third-order valence-electron chi connectivity index (χ3n) is 4.05. The molecule has 2 rings (SSSR count). The van der Waals surface area contributed by atoms with Gasteiger partial charge in [0.2, 0.25) is 0 Å². The van der Waals surface area contributed by atoms with E-state index in [1.165, 1.54) is 12.1 Å². The first-order valence-electron chi connectivity index (χ1n) is 6.78. The third kappa shape index (κ3) is 3.11. The van der Waals surface area contributed by atoms with E-state index in [0.717, 1.165) is 19.5 Å². The topological polar surface area (TPSA) is 12.0 Å². The molecule has 1 saturated heterocycles. The monoisotopic (exact) mass is 271 g/mol. The van der Waals surface area contributed by atoms with E-state index < -0.39 is 11.7 Å². The molecule has 2 unspecified atom stereocenters.